The number of halogens is 1. The van der Waals surface area contributed by atoms with E-state index in [0.717, 1.165) is 17.2 Å². The highest BCUT2D eigenvalue weighted by Crippen LogP contribution is 2.33. The fourth-order valence-electron chi connectivity index (χ4n) is 1.65. The summed E-state index contributed by atoms with van der Waals surface area (Å²) in [4.78, 5) is 10.8. The van der Waals surface area contributed by atoms with E-state index in [1.54, 1.807) is 23.8 Å². The lowest BCUT2D eigenvalue weighted by molar-refractivity contribution is 0.111. The number of nitrogens with two attached hydrogens (primary N) is 1. The van der Waals surface area contributed by atoms with E-state index in [0.29, 0.717) is 16.5 Å². The first-order valence-electron chi connectivity index (χ1n) is 6.04. The fourth-order valence-corrected chi connectivity index (χ4v) is 1.94. The smallest absolute Gasteiger partial charge is 0.166 e. The molecule has 2 rings (SSSR count). The minimum atomic E-state index is 0.540. The van der Waals surface area contributed by atoms with Crippen molar-refractivity contribution in [1.29, 1.82) is 0 Å². The highest BCUT2D eigenvalue weighted by Gasteiger charge is 2.11. The molecule has 106 valence electrons. The van der Waals surface area contributed by atoms with Crippen LogP contribution >= 0.6 is 11.6 Å². The third-order valence-electron chi connectivity index (χ3n) is 2.50. The SMILES string of the molecule is CC.CN.COc1ccc2c(cc(C=O)n2C)c1Cl. The molecule has 0 bridgehead atoms. The van der Waals surface area contributed by atoms with Gasteiger partial charge in [0.2, 0.25) is 0 Å². The van der Waals surface area contributed by atoms with E-state index in [1.807, 2.05) is 27.0 Å². The molecule has 19 heavy (non-hydrogen) atoms. The second-order valence-corrected chi connectivity index (χ2v) is 3.64. The normalized spacial score (nSPS) is 9.00. The Bertz CT molecular complexity index is 536. The number of hydrogen-bond acceptors (Lipinski definition) is 3. The Morgan fingerprint density at radius 3 is 2.37 bits per heavy atom. The zero-order valence-corrected chi connectivity index (χ0v) is 12.8. The number of aryl methyl sites for hydroxylation is 1. The van der Waals surface area contributed by atoms with Gasteiger partial charge in [0.05, 0.1) is 23.3 Å². The molecule has 5 heteroatoms. The van der Waals surface area contributed by atoms with Crippen molar-refractivity contribution in [3.05, 3.63) is 28.9 Å². The summed E-state index contributed by atoms with van der Waals surface area (Å²) >= 11 is 6.13. The number of aldehydes is 1. The van der Waals surface area contributed by atoms with E-state index in [9.17, 15) is 4.79 Å². The third-order valence-corrected chi connectivity index (χ3v) is 2.89. The third kappa shape index (κ3) is 3.49. The number of benzene rings is 1. The Morgan fingerprint density at radius 1 is 1.32 bits per heavy atom. The first-order chi connectivity index (χ1) is 9.19. The van der Waals surface area contributed by atoms with Gasteiger partial charge in [0.15, 0.2) is 6.29 Å². The average molecular weight is 285 g/mol. The summed E-state index contributed by atoms with van der Waals surface area (Å²) in [5.74, 6) is 0.618. The molecule has 0 aliphatic heterocycles. The second kappa shape index (κ2) is 8.56. The maximum absolute atomic E-state index is 10.8. The molecule has 0 atom stereocenters. The topological polar surface area (TPSA) is 57.2 Å². The molecular weight excluding hydrogens is 264 g/mol. The summed E-state index contributed by atoms with van der Waals surface area (Å²) < 4.78 is 6.91. The summed E-state index contributed by atoms with van der Waals surface area (Å²) in [5.41, 5.74) is 6.02. The van der Waals surface area contributed by atoms with Crippen LogP contribution < -0.4 is 10.5 Å². The van der Waals surface area contributed by atoms with Crippen LogP contribution in [0.3, 0.4) is 0 Å². The minimum Gasteiger partial charge on any atom is -0.495 e. The summed E-state index contributed by atoms with van der Waals surface area (Å²) in [7, 11) is 4.89. The lowest BCUT2D eigenvalue weighted by atomic mass is 10.2. The van der Waals surface area contributed by atoms with Crippen molar-refractivity contribution in [3.63, 3.8) is 0 Å². The summed E-state index contributed by atoms with van der Waals surface area (Å²) in [6.07, 6.45) is 0.808. The molecule has 0 saturated heterocycles. The molecule has 0 aliphatic carbocycles. The van der Waals surface area contributed by atoms with Crippen molar-refractivity contribution in [2.45, 2.75) is 13.8 Å². The number of nitrogens with zero attached hydrogens (tertiary/aromatic N) is 1. The van der Waals surface area contributed by atoms with Crippen LogP contribution in [-0.2, 0) is 7.05 Å². The Morgan fingerprint density at radius 2 is 1.89 bits per heavy atom. The molecule has 0 aliphatic rings. The van der Waals surface area contributed by atoms with E-state index in [4.69, 9.17) is 16.3 Å². The zero-order valence-electron chi connectivity index (χ0n) is 12.0. The molecule has 0 amide bonds. The van der Waals surface area contributed by atoms with Gasteiger partial charge < -0.3 is 15.0 Å². The molecule has 2 aromatic rings. The number of carbonyl (C=O) groups is 1. The summed E-state index contributed by atoms with van der Waals surface area (Å²) in [6.45, 7) is 4.00. The average Bonchev–Trinajstić information content (AvgIpc) is 2.81. The molecule has 4 nitrogen and oxygen atoms in total. The minimum absolute atomic E-state index is 0.540. The molecular formula is C14H21ClN2O2. The van der Waals surface area contributed by atoms with Gasteiger partial charge in [-0.2, -0.15) is 0 Å². The van der Waals surface area contributed by atoms with Crippen LogP contribution in [0.4, 0.5) is 0 Å². The number of ether oxygens (including phenoxy) is 1. The van der Waals surface area contributed by atoms with Crippen molar-refractivity contribution >= 4 is 28.8 Å². The van der Waals surface area contributed by atoms with Gasteiger partial charge in [-0.05, 0) is 25.2 Å². The molecule has 0 unspecified atom stereocenters. The van der Waals surface area contributed by atoms with Crippen LogP contribution in [0, 0.1) is 0 Å². The zero-order chi connectivity index (χ0) is 15.0. The molecule has 0 spiro atoms. The number of fused-ring (bicyclic) bond motifs is 1. The Hall–Kier alpha value is -1.52. The number of carbonyl (C=O) groups excluding carboxylic acids is 1. The van der Waals surface area contributed by atoms with Crippen molar-refractivity contribution in [3.8, 4) is 5.75 Å². The van der Waals surface area contributed by atoms with Crippen molar-refractivity contribution in [2.24, 2.45) is 12.8 Å². The molecule has 1 aromatic heterocycles. The van der Waals surface area contributed by atoms with Crippen molar-refractivity contribution in [2.75, 3.05) is 14.2 Å². The van der Waals surface area contributed by atoms with Gasteiger partial charge in [-0.25, -0.2) is 0 Å². The fraction of sp³-hybridized carbons (Fsp3) is 0.357. The lowest BCUT2D eigenvalue weighted by Crippen LogP contribution is -1.93. The Labute approximate surface area is 119 Å². The molecule has 1 heterocycles. The van der Waals surface area contributed by atoms with E-state index < -0.39 is 0 Å². The molecule has 0 saturated carbocycles. The first kappa shape index (κ1) is 17.5. The van der Waals surface area contributed by atoms with Crippen LogP contribution in [0.1, 0.15) is 24.3 Å². The van der Waals surface area contributed by atoms with Crippen LogP contribution in [0.15, 0.2) is 18.2 Å². The van der Waals surface area contributed by atoms with Gasteiger partial charge >= 0.3 is 0 Å². The maximum Gasteiger partial charge on any atom is 0.166 e. The van der Waals surface area contributed by atoms with Crippen LogP contribution in [-0.4, -0.2) is 25.0 Å². The predicted octanol–water partition coefficient (Wildman–Crippen LogP) is 3.25. The summed E-state index contributed by atoms with van der Waals surface area (Å²) in [6, 6.07) is 5.43. The number of aromatic nitrogens is 1. The lowest BCUT2D eigenvalue weighted by Gasteiger charge is -2.04. The van der Waals surface area contributed by atoms with Gasteiger partial charge in [-0.15, -0.1) is 0 Å². The maximum atomic E-state index is 10.8. The van der Waals surface area contributed by atoms with E-state index in [1.165, 1.54) is 7.05 Å². The van der Waals surface area contributed by atoms with Gasteiger partial charge in [0.1, 0.15) is 5.75 Å². The predicted molar refractivity (Wildman–Crippen MR) is 81.3 cm³/mol. The van der Waals surface area contributed by atoms with E-state index in [2.05, 4.69) is 5.73 Å². The number of methoxy groups -OCH3 is 1. The molecule has 2 N–H and O–H groups in total. The van der Waals surface area contributed by atoms with Crippen LogP contribution in [0.5, 0.6) is 5.75 Å². The molecule has 0 fully saturated rings. The van der Waals surface area contributed by atoms with Gasteiger partial charge in [-0.1, -0.05) is 25.4 Å². The Balaban J connectivity index is 0.000000741. The second-order valence-electron chi connectivity index (χ2n) is 3.26. The Kier molecular flexibility index (Phi) is 7.87. The van der Waals surface area contributed by atoms with Gasteiger partial charge in [0.25, 0.3) is 0 Å². The largest absolute Gasteiger partial charge is 0.495 e. The highest BCUT2D eigenvalue weighted by molar-refractivity contribution is 6.37. The van der Waals surface area contributed by atoms with Crippen molar-refractivity contribution in [1.82, 2.24) is 4.57 Å². The summed E-state index contributed by atoms with van der Waals surface area (Å²) in [5, 5.41) is 1.37. The van der Waals surface area contributed by atoms with E-state index >= 15 is 0 Å². The van der Waals surface area contributed by atoms with E-state index in [-0.39, 0.29) is 0 Å². The first-order valence-corrected chi connectivity index (χ1v) is 6.41. The number of rotatable bonds is 2. The quantitative estimate of drug-likeness (QED) is 0.861. The standard InChI is InChI=1S/C11H10ClNO2.C2H6.CH5N/c1-13-7(6-14)5-8-9(13)3-4-10(15-2)11(8)12;2*1-2/h3-6H,1-2H3;1-2H3;2H2,1H3. The highest BCUT2D eigenvalue weighted by atomic mass is 35.5. The molecule has 1 aromatic carbocycles. The molecule has 0 radical (unpaired) electrons. The van der Waals surface area contributed by atoms with Crippen LogP contribution in [0.2, 0.25) is 5.02 Å². The van der Waals surface area contributed by atoms with Crippen LogP contribution in [0.25, 0.3) is 10.9 Å². The van der Waals surface area contributed by atoms with Gasteiger partial charge in [0, 0.05) is 12.4 Å². The van der Waals surface area contributed by atoms with Crippen molar-refractivity contribution < 1.29 is 9.53 Å². The number of hydrogen-bond donors (Lipinski definition) is 1. The monoisotopic (exact) mass is 284 g/mol. The van der Waals surface area contributed by atoms with Gasteiger partial charge in [-0.3, -0.25) is 4.79 Å².